The number of nitrogens with one attached hydrogen (secondary N) is 2. The van der Waals surface area contributed by atoms with Gasteiger partial charge in [0.15, 0.2) is 6.61 Å². The molecule has 2 N–H and O–H groups in total. The second kappa shape index (κ2) is 10.6. The molecule has 0 aromatic heterocycles. The van der Waals surface area contributed by atoms with Gasteiger partial charge in [-0.05, 0) is 54.6 Å². The smallest absolute Gasteiger partial charge is 0.416 e. The van der Waals surface area contributed by atoms with Gasteiger partial charge < -0.3 is 20.1 Å². The minimum Gasteiger partial charge on any atom is -0.484 e. The highest BCUT2D eigenvalue weighted by atomic mass is 19.4. The van der Waals surface area contributed by atoms with Gasteiger partial charge in [0, 0.05) is 11.3 Å². The third-order valence-electron chi connectivity index (χ3n) is 4.31. The standard InChI is InChI=1S/C23H17F5N2O4/c24-22(25)34-19-7-2-1-6-18(19)30-21(32)14-8-10-17(11-9-14)33-13-20(31)29-16-5-3-4-15(12-16)23(26,27)28/h1-12,22H,13H2,(H,29,31)(H,30,32). The van der Waals surface area contributed by atoms with Crippen LogP contribution in [0.25, 0.3) is 0 Å². The predicted molar refractivity (Wildman–Crippen MR) is 113 cm³/mol. The number of anilines is 2. The maximum absolute atomic E-state index is 12.8. The molecule has 0 spiro atoms. The number of benzene rings is 3. The molecule has 6 nitrogen and oxygen atoms in total. The molecule has 0 radical (unpaired) electrons. The summed E-state index contributed by atoms with van der Waals surface area (Å²) in [6.45, 7) is -3.54. The second-order valence-corrected chi connectivity index (χ2v) is 6.77. The lowest BCUT2D eigenvalue weighted by molar-refractivity contribution is -0.137. The topological polar surface area (TPSA) is 76.7 Å². The van der Waals surface area contributed by atoms with E-state index in [1.54, 1.807) is 0 Å². The van der Waals surface area contributed by atoms with Gasteiger partial charge >= 0.3 is 12.8 Å². The molecular formula is C23H17F5N2O4. The SMILES string of the molecule is O=C(COc1ccc(C(=O)Nc2ccccc2OC(F)F)cc1)Nc1cccc(C(F)(F)F)c1. The van der Waals surface area contributed by atoms with Crippen LogP contribution < -0.4 is 20.1 Å². The second-order valence-electron chi connectivity index (χ2n) is 6.77. The Morgan fingerprint density at radius 3 is 2.26 bits per heavy atom. The summed E-state index contributed by atoms with van der Waals surface area (Å²) >= 11 is 0. The molecule has 0 bridgehead atoms. The molecule has 0 aliphatic heterocycles. The van der Waals surface area contributed by atoms with Crippen molar-refractivity contribution in [3.05, 3.63) is 83.9 Å². The Morgan fingerprint density at radius 2 is 1.59 bits per heavy atom. The van der Waals surface area contributed by atoms with Crippen molar-refractivity contribution in [2.24, 2.45) is 0 Å². The number of carbonyl (C=O) groups is 2. The van der Waals surface area contributed by atoms with Gasteiger partial charge in [-0.15, -0.1) is 0 Å². The summed E-state index contributed by atoms with van der Waals surface area (Å²) < 4.78 is 72.9. The predicted octanol–water partition coefficient (Wildman–Crippen LogP) is 5.58. The lowest BCUT2D eigenvalue weighted by Crippen LogP contribution is -2.20. The van der Waals surface area contributed by atoms with Gasteiger partial charge in [0.1, 0.15) is 11.5 Å². The first-order valence-electron chi connectivity index (χ1n) is 9.67. The number of hydrogen-bond donors (Lipinski definition) is 2. The van der Waals surface area contributed by atoms with Gasteiger partial charge in [0.2, 0.25) is 0 Å². The first kappa shape index (κ1) is 24.5. The maximum atomic E-state index is 12.8. The number of halogens is 5. The van der Waals surface area contributed by atoms with Gasteiger partial charge in [-0.3, -0.25) is 9.59 Å². The van der Waals surface area contributed by atoms with Crippen molar-refractivity contribution >= 4 is 23.2 Å². The Balaban J connectivity index is 1.55. The normalized spacial score (nSPS) is 11.1. The third-order valence-corrected chi connectivity index (χ3v) is 4.31. The quantitative estimate of drug-likeness (QED) is 0.413. The summed E-state index contributed by atoms with van der Waals surface area (Å²) in [5, 5.41) is 4.77. The number of rotatable bonds is 8. The van der Waals surface area contributed by atoms with Gasteiger partial charge in [0.25, 0.3) is 11.8 Å². The van der Waals surface area contributed by atoms with Crippen LogP contribution >= 0.6 is 0 Å². The summed E-state index contributed by atoms with van der Waals surface area (Å²) in [7, 11) is 0. The molecule has 0 aliphatic carbocycles. The largest absolute Gasteiger partial charge is 0.484 e. The van der Waals surface area contributed by atoms with E-state index in [0.717, 1.165) is 12.1 Å². The average Bonchev–Trinajstić information content (AvgIpc) is 2.78. The van der Waals surface area contributed by atoms with E-state index in [9.17, 15) is 31.5 Å². The molecule has 0 heterocycles. The molecule has 0 aliphatic rings. The molecule has 3 aromatic rings. The number of carbonyl (C=O) groups excluding carboxylic acids is 2. The van der Waals surface area contributed by atoms with E-state index in [0.29, 0.717) is 0 Å². The molecule has 2 amide bonds. The van der Waals surface area contributed by atoms with Gasteiger partial charge in [-0.2, -0.15) is 22.0 Å². The van der Waals surface area contributed by atoms with Crippen LogP contribution in [0.3, 0.4) is 0 Å². The minimum atomic E-state index is -4.54. The van der Waals surface area contributed by atoms with Gasteiger partial charge in [0.05, 0.1) is 11.3 Å². The molecule has 3 aromatic carbocycles. The summed E-state index contributed by atoms with van der Waals surface area (Å²) in [5.41, 5.74) is -0.706. The van der Waals surface area contributed by atoms with E-state index < -0.39 is 36.8 Å². The van der Waals surface area contributed by atoms with Crippen molar-refractivity contribution in [3.8, 4) is 11.5 Å². The lowest BCUT2D eigenvalue weighted by atomic mass is 10.2. The molecule has 0 saturated heterocycles. The van der Waals surface area contributed by atoms with Crippen LogP contribution in [0.5, 0.6) is 11.5 Å². The van der Waals surface area contributed by atoms with Crippen LogP contribution in [0, 0.1) is 0 Å². The molecular weight excluding hydrogens is 463 g/mol. The van der Waals surface area contributed by atoms with Crippen LogP contribution in [-0.2, 0) is 11.0 Å². The molecule has 0 atom stereocenters. The summed E-state index contributed by atoms with van der Waals surface area (Å²) in [5.74, 6) is -1.26. The molecule has 34 heavy (non-hydrogen) atoms. The van der Waals surface area contributed by atoms with Crippen molar-refractivity contribution in [1.82, 2.24) is 0 Å². The first-order valence-corrected chi connectivity index (χ1v) is 9.67. The number of amides is 2. The van der Waals surface area contributed by atoms with Gasteiger partial charge in [-0.25, -0.2) is 0 Å². The first-order chi connectivity index (χ1) is 16.1. The van der Waals surface area contributed by atoms with Crippen molar-refractivity contribution in [1.29, 1.82) is 0 Å². The Morgan fingerprint density at radius 1 is 0.882 bits per heavy atom. The van der Waals surface area contributed by atoms with Crippen molar-refractivity contribution in [2.45, 2.75) is 12.8 Å². The highest BCUT2D eigenvalue weighted by Gasteiger charge is 2.30. The molecule has 178 valence electrons. The minimum absolute atomic E-state index is 0.0356. The van der Waals surface area contributed by atoms with E-state index in [4.69, 9.17) is 4.74 Å². The van der Waals surface area contributed by atoms with Crippen LogP contribution in [-0.4, -0.2) is 25.0 Å². The summed E-state index contributed by atoms with van der Waals surface area (Å²) in [6.07, 6.45) is -4.54. The zero-order valence-corrected chi connectivity index (χ0v) is 17.2. The Hall–Kier alpha value is -4.15. The van der Waals surface area contributed by atoms with Crippen LogP contribution in [0.15, 0.2) is 72.8 Å². The van der Waals surface area contributed by atoms with Crippen LogP contribution in [0.4, 0.5) is 33.3 Å². The Labute approximate surface area is 190 Å². The van der Waals surface area contributed by atoms with Crippen molar-refractivity contribution in [2.75, 3.05) is 17.2 Å². The average molecular weight is 480 g/mol. The fourth-order valence-corrected chi connectivity index (χ4v) is 2.78. The molecule has 11 heteroatoms. The number of para-hydroxylation sites is 2. The van der Waals surface area contributed by atoms with E-state index in [1.807, 2.05) is 0 Å². The number of alkyl halides is 5. The monoisotopic (exact) mass is 480 g/mol. The molecule has 3 rings (SSSR count). The lowest BCUT2D eigenvalue weighted by Gasteiger charge is -2.12. The molecule has 0 saturated carbocycles. The zero-order chi connectivity index (χ0) is 24.7. The van der Waals surface area contributed by atoms with Gasteiger partial charge in [-0.1, -0.05) is 18.2 Å². The highest BCUT2D eigenvalue weighted by Crippen LogP contribution is 2.30. The molecule has 0 fully saturated rings. The number of hydrogen-bond acceptors (Lipinski definition) is 4. The number of ether oxygens (including phenoxy) is 2. The Bertz CT molecular complexity index is 1150. The van der Waals surface area contributed by atoms with E-state index in [-0.39, 0.29) is 28.4 Å². The fourth-order valence-electron chi connectivity index (χ4n) is 2.78. The fraction of sp³-hybridized carbons (Fsp3) is 0.130. The van der Waals surface area contributed by atoms with Crippen molar-refractivity contribution < 1.29 is 41.0 Å². The van der Waals surface area contributed by atoms with Crippen LogP contribution in [0.2, 0.25) is 0 Å². The maximum Gasteiger partial charge on any atom is 0.416 e. The zero-order valence-electron chi connectivity index (χ0n) is 17.2. The van der Waals surface area contributed by atoms with E-state index >= 15 is 0 Å². The highest BCUT2D eigenvalue weighted by molar-refractivity contribution is 6.05. The van der Waals surface area contributed by atoms with Crippen LogP contribution in [0.1, 0.15) is 15.9 Å². The third kappa shape index (κ3) is 6.92. The van der Waals surface area contributed by atoms with Crippen molar-refractivity contribution in [3.63, 3.8) is 0 Å². The summed E-state index contributed by atoms with van der Waals surface area (Å²) in [6, 6.07) is 15.4. The molecule has 0 unspecified atom stereocenters. The van der Waals surface area contributed by atoms with E-state index in [2.05, 4.69) is 15.4 Å². The Kier molecular flexibility index (Phi) is 7.67. The summed E-state index contributed by atoms with van der Waals surface area (Å²) in [4.78, 5) is 24.4. The van der Waals surface area contributed by atoms with E-state index in [1.165, 1.54) is 60.7 Å².